The third kappa shape index (κ3) is 5.84. The molecular formula is C54H32N4OSe. The van der Waals surface area contributed by atoms with Crippen LogP contribution in [0.5, 0.6) is 0 Å². The van der Waals surface area contributed by atoms with E-state index in [1.807, 2.05) is 66.7 Å². The molecule has 12 aromatic rings. The van der Waals surface area contributed by atoms with Crippen molar-refractivity contribution >= 4 is 66.4 Å². The van der Waals surface area contributed by atoms with E-state index in [9.17, 15) is 0 Å². The maximum absolute atomic E-state index is 6.54. The van der Waals surface area contributed by atoms with Crippen LogP contribution in [0, 0.1) is 0 Å². The van der Waals surface area contributed by atoms with Crippen molar-refractivity contribution in [2.75, 3.05) is 0 Å². The fourth-order valence-corrected chi connectivity index (χ4v) is 11.2. The molecule has 0 fully saturated rings. The molecule has 0 radical (unpaired) electrons. The van der Waals surface area contributed by atoms with Crippen LogP contribution >= 0.6 is 0 Å². The van der Waals surface area contributed by atoms with Gasteiger partial charge in [-0.05, 0) is 12.1 Å². The molecule has 0 bridgehead atoms. The van der Waals surface area contributed by atoms with Gasteiger partial charge in [0.2, 0.25) is 0 Å². The van der Waals surface area contributed by atoms with E-state index in [-0.39, 0.29) is 14.5 Å². The Labute approximate surface area is 351 Å². The van der Waals surface area contributed by atoms with Crippen molar-refractivity contribution in [2.45, 2.75) is 0 Å². The molecule has 5 nitrogen and oxygen atoms in total. The Balaban J connectivity index is 0.983. The molecule has 12 rings (SSSR count). The van der Waals surface area contributed by atoms with Gasteiger partial charge in [-0.15, -0.1) is 0 Å². The number of aromatic nitrogens is 4. The Morgan fingerprint density at radius 3 is 1.60 bits per heavy atom. The third-order valence-corrected chi connectivity index (χ3v) is 14.0. The molecule has 3 aromatic heterocycles. The van der Waals surface area contributed by atoms with Gasteiger partial charge < -0.3 is 0 Å². The molecule has 0 saturated carbocycles. The summed E-state index contributed by atoms with van der Waals surface area (Å²) in [6, 6.07) is 68.1. The Morgan fingerprint density at radius 1 is 0.350 bits per heavy atom. The van der Waals surface area contributed by atoms with Crippen molar-refractivity contribution in [1.82, 2.24) is 19.9 Å². The summed E-state index contributed by atoms with van der Waals surface area (Å²) >= 11 is 0.00320. The number of benzene rings is 9. The number of rotatable bonds is 6. The van der Waals surface area contributed by atoms with E-state index in [2.05, 4.69) is 127 Å². The molecule has 0 amide bonds. The van der Waals surface area contributed by atoms with Crippen LogP contribution in [-0.4, -0.2) is 34.4 Å². The zero-order chi connectivity index (χ0) is 39.6. The van der Waals surface area contributed by atoms with Gasteiger partial charge in [0.1, 0.15) is 0 Å². The second-order valence-electron chi connectivity index (χ2n) is 15.0. The van der Waals surface area contributed by atoms with Crippen LogP contribution in [0.1, 0.15) is 0 Å². The number of oxazole rings is 1. The van der Waals surface area contributed by atoms with Gasteiger partial charge >= 0.3 is 317 Å². The van der Waals surface area contributed by atoms with Crippen LogP contribution in [0.4, 0.5) is 0 Å². The van der Waals surface area contributed by atoms with E-state index in [1.165, 1.54) is 30.4 Å². The second-order valence-corrected chi connectivity index (χ2v) is 17.1. The average Bonchev–Trinajstić information content (AvgIpc) is 3.95. The van der Waals surface area contributed by atoms with Gasteiger partial charge in [-0.1, -0.05) is 18.2 Å². The van der Waals surface area contributed by atoms with Crippen LogP contribution in [0.2, 0.25) is 0 Å². The number of nitrogens with zero attached hydrogens (tertiary/aromatic N) is 4. The fourth-order valence-electron chi connectivity index (χ4n) is 8.42. The first-order valence-electron chi connectivity index (χ1n) is 20.0. The van der Waals surface area contributed by atoms with E-state index < -0.39 is 0 Å². The molecule has 0 unspecified atom stereocenters. The van der Waals surface area contributed by atoms with Gasteiger partial charge in [-0.2, -0.15) is 0 Å². The summed E-state index contributed by atoms with van der Waals surface area (Å²) in [5.74, 6) is 2.66. The van der Waals surface area contributed by atoms with Crippen molar-refractivity contribution < 1.29 is 4.42 Å². The summed E-state index contributed by atoms with van der Waals surface area (Å²) < 4.78 is 9.20. The van der Waals surface area contributed by atoms with E-state index >= 15 is 0 Å². The van der Waals surface area contributed by atoms with Crippen LogP contribution in [-0.2, 0) is 0 Å². The van der Waals surface area contributed by atoms with E-state index in [4.69, 9.17) is 24.4 Å². The fraction of sp³-hybridized carbons (Fsp3) is 0. The molecule has 0 spiro atoms. The summed E-state index contributed by atoms with van der Waals surface area (Å²) in [5.41, 5.74) is 10.4. The summed E-state index contributed by atoms with van der Waals surface area (Å²) in [4.78, 5) is 20.1. The molecule has 3 heterocycles. The van der Waals surface area contributed by atoms with Crippen molar-refractivity contribution in [1.29, 1.82) is 0 Å². The van der Waals surface area contributed by atoms with Gasteiger partial charge in [0.25, 0.3) is 0 Å². The minimum atomic E-state index is 0.00320. The molecule has 0 saturated heterocycles. The first-order valence-corrected chi connectivity index (χ1v) is 21.7. The zero-order valence-electron chi connectivity index (χ0n) is 32.1. The molecule has 0 N–H and O–H groups in total. The minimum absolute atomic E-state index is 0.00320. The molecule has 9 aromatic carbocycles. The number of hydrogen-bond acceptors (Lipinski definition) is 5. The summed E-state index contributed by atoms with van der Waals surface area (Å²) in [6.07, 6.45) is 0. The molecule has 280 valence electrons. The van der Waals surface area contributed by atoms with Crippen molar-refractivity contribution in [3.8, 4) is 67.9 Å². The van der Waals surface area contributed by atoms with Crippen LogP contribution in [0.15, 0.2) is 199 Å². The van der Waals surface area contributed by atoms with Gasteiger partial charge in [-0.3, -0.25) is 0 Å². The molecule has 0 aliphatic heterocycles. The predicted octanol–water partition coefficient (Wildman–Crippen LogP) is 13.7. The van der Waals surface area contributed by atoms with Crippen LogP contribution < -0.4 is 0 Å². The third-order valence-electron chi connectivity index (χ3n) is 11.3. The standard InChI is InChI=1S/C54H32N4OSe/c1-4-13-35(14-5-1)51-56-52(36-15-6-2-7-16-36)58-53(57-51)44-24-12-23-43-42-22-11-21-41(49(42)60-50(43)44)40-20-10-19-38(31-40)39-28-26-33-25-27-34-29-30-46-48(47(34)45(33)32-39)59-54(55-46)37-17-8-3-9-18-37/h1-32H. The van der Waals surface area contributed by atoms with Crippen molar-refractivity contribution in [2.24, 2.45) is 0 Å². The van der Waals surface area contributed by atoms with E-state index in [1.54, 1.807) is 0 Å². The predicted molar refractivity (Wildman–Crippen MR) is 247 cm³/mol. The number of fused-ring (bicyclic) bond motifs is 8. The normalized spacial score (nSPS) is 11.7. The van der Waals surface area contributed by atoms with E-state index in [0.29, 0.717) is 23.4 Å². The Kier molecular flexibility index (Phi) is 8.12. The molecule has 0 atom stereocenters. The molecule has 60 heavy (non-hydrogen) atoms. The van der Waals surface area contributed by atoms with Crippen LogP contribution in [0.3, 0.4) is 0 Å². The summed E-state index contributed by atoms with van der Waals surface area (Å²) in [7, 11) is 0. The van der Waals surface area contributed by atoms with Gasteiger partial charge in [0, 0.05) is 5.56 Å². The SMILES string of the molecule is c1ccc(-c2nc(-c3ccccc3)nc(-c3cccc4c3[se]c3c(-c5cccc(-c6ccc7ccc8ccc9nc(-c%10ccccc%10)oc9c8c7c6)c5)cccc34)n2)cc1. The van der Waals surface area contributed by atoms with Crippen LogP contribution in [0.25, 0.3) is 120 Å². The molecular weight excluding hydrogens is 800 g/mol. The summed E-state index contributed by atoms with van der Waals surface area (Å²) in [5, 5.41) is 7.04. The molecule has 6 heteroatoms. The number of hydrogen-bond donors (Lipinski definition) is 0. The van der Waals surface area contributed by atoms with Crippen molar-refractivity contribution in [3.05, 3.63) is 194 Å². The monoisotopic (exact) mass is 832 g/mol. The second kappa shape index (κ2) is 14.1. The quantitative estimate of drug-likeness (QED) is 0.123. The Morgan fingerprint density at radius 2 is 0.883 bits per heavy atom. The Hall–Kier alpha value is -7.50. The molecule has 0 aliphatic carbocycles. The van der Waals surface area contributed by atoms with Gasteiger partial charge in [0.05, 0.1) is 0 Å². The zero-order valence-corrected chi connectivity index (χ0v) is 33.8. The maximum atomic E-state index is 6.54. The van der Waals surface area contributed by atoms with Gasteiger partial charge in [0.15, 0.2) is 0 Å². The average molecular weight is 832 g/mol. The van der Waals surface area contributed by atoms with E-state index in [0.717, 1.165) is 66.0 Å². The Bertz CT molecular complexity index is 3540. The topological polar surface area (TPSA) is 64.7 Å². The first-order chi connectivity index (χ1) is 29.7. The molecule has 0 aliphatic rings. The first kappa shape index (κ1) is 34.5. The van der Waals surface area contributed by atoms with Gasteiger partial charge in [-0.25, -0.2) is 0 Å². The van der Waals surface area contributed by atoms with Crippen molar-refractivity contribution in [3.63, 3.8) is 0 Å². The summed E-state index contributed by atoms with van der Waals surface area (Å²) in [6.45, 7) is 0.